The lowest BCUT2D eigenvalue weighted by Gasteiger charge is -2.35. The molecule has 0 bridgehead atoms. The van der Waals surface area contributed by atoms with Gasteiger partial charge in [-0.25, -0.2) is 4.39 Å². The minimum absolute atomic E-state index is 0.0832. The van der Waals surface area contributed by atoms with Crippen LogP contribution in [0.15, 0.2) is 18.2 Å². The van der Waals surface area contributed by atoms with Crippen molar-refractivity contribution in [3.63, 3.8) is 0 Å². The standard InChI is InChI=1S/C16H25FN2/c1-3-19(14-7-5-4-6-8-14)16-10-9-13(12-18-2)11-15(16)17/h9-11,14,18H,3-8,12H2,1-2H3. The lowest BCUT2D eigenvalue weighted by molar-refractivity contribution is 0.414. The monoisotopic (exact) mass is 264 g/mol. The van der Waals surface area contributed by atoms with Crippen molar-refractivity contribution in [2.45, 2.75) is 51.6 Å². The molecule has 2 nitrogen and oxygen atoms in total. The average Bonchev–Trinajstić information content (AvgIpc) is 2.43. The van der Waals surface area contributed by atoms with Crippen molar-refractivity contribution in [1.82, 2.24) is 5.32 Å². The number of anilines is 1. The van der Waals surface area contributed by atoms with E-state index in [1.807, 2.05) is 19.2 Å². The van der Waals surface area contributed by atoms with E-state index < -0.39 is 0 Å². The molecule has 0 spiro atoms. The highest BCUT2D eigenvalue weighted by Gasteiger charge is 2.22. The molecule has 19 heavy (non-hydrogen) atoms. The van der Waals surface area contributed by atoms with E-state index in [4.69, 9.17) is 0 Å². The molecule has 0 aliphatic heterocycles. The van der Waals surface area contributed by atoms with Crippen LogP contribution in [0.5, 0.6) is 0 Å². The van der Waals surface area contributed by atoms with Gasteiger partial charge >= 0.3 is 0 Å². The second-order valence-corrected chi connectivity index (χ2v) is 5.39. The predicted molar refractivity (Wildman–Crippen MR) is 79.1 cm³/mol. The van der Waals surface area contributed by atoms with E-state index in [0.717, 1.165) is 17.8 Å². The number of benzene rings is 1. The average molecular weight is 264 g/mol. The quantitative estimate of drug-likeness (QED) is 0.872. The second kappa shape index (κ2) is 6.90. The van der Waals surface area contributed by atoms with Crippen LogP contribution in [0.4, 0.5) is 10.1 Å². The van der Waals surface area contributed by atoms with Crippen LogP contribution in [0.3, 0.4) is 0 Å². The van der Waals surface area contributed by atoms with E-state index in [0.29, 0.717) is 12.6 Å². The van der Waals surface area contributed by atoms with E-state index in [1.165, 1.54) is 32.1 Å². The molecule has 1 aromatic carbocycles. The Morgan fingerprint density at radius 2 is 2.00 bits per heavy atom. The fourth-order valence-electron chi connectivity index (χ4n) is 3.12. The van der Waals surface area contributed by atoms with Crippen molar-refractivity contribution in [3.05, 3.63) is 29.6 Å². The molecule has 1 aliphatic rings. The maximum atomic E-state index is 14.3. The van der Waals surface area contributed by atoms with Gasteiger partial charge in [0.05, 0.1) is 5.69 Å². The van der Waals surface area contributed by atoms with Crippen molar-refractivity contribution in [3.8, 4) is 0 Å². The van der Waals surface area contributed by atoms with Gasteiger partial charge in [0, 0.05) is 19.1 Å². The van der Waals surface area contributed by atoms with Crippen LogP contribution >= 0.6 is 0 Å². The van der Waals surface area contributed by atoms with Gasteiger partial charge in [0.2, 0.25) is 0 Å². The predicted octanol–water partition coefficient (Wildman–Crippen LogP) is 3.70. The van der Waals surface area contributed by atoms with E-state index in [9.17, 15) is 4.39 Å². The Balaban J connectivity index is 2.17. The van der Waals surface area contributed by atoms with Gasteiger partial charge < -0.3 is 10.2 Å². The summed E-state index contributed by atoms with van der Waals surface area (Å²) in [5, 5.41) is 3.06. The fourth-order valence-corrected chi connectivity index (χ4v) is 3.12. The molecule has 0 amide bonds. The van der Waals surface area contributed by atoms with Gasteiger partial charge in [-0.15, -0.1) is 0 Å². The number of nitrogens with one attached hydrogen (secondary N) is 1. The lowest BCUT2D eigenvalue weighted by atomic mass is 9.93. The zero-order chi connectivity index (χ0) is 13.7. The van der Waals surface area contributed by atoms with Crippen LogP contribution in [0.25, 0.3) is 0 Å². The Bertz CT molecular complexity index is 400. The van der Waals surface area contributed by atoms with Gasteiger partial charge in [-0.1, -0.05) is 25.3 Å². The molecular weight excluding hydrogens is 239 g/mol. The maximum absolute atomic E-state index is 14.3. The van der Waals surface area contributed by atoms with Gasteiger partial charge in [0.1, 0.15) is 5.82 Å². The van der Waals surface area contributed by atoms with Gasteiger partial charge in [-0.3, -0.25) is 0 Å². The molecule has 2 rings (SSSR count). The maximum Gasteiger partial charge on any atom is 0.146 e. The van der Waals surface area contributed by atoms with Crippen LogP contribution in [0.1, 0.15) is 44.6 Å². The van der Waals surface area contributed by atoms with E-state index in [1.54, 1.807) is 6.07 Å². The third-order valence-electron chi connectivity index (χ3n) is 4.06. The largest absolute Gasteiger partial charge is 0.366 e. The first-order valence-electron chi connectivity index (χ1n) is 7.46. The van der Waals surface area contributed by atoms with Crippen LogP contribution in [0, 0.1) is 5.82 Å². The third-order valence-corrected chi connectivity index (χ3v) is 4.06. The third kappa shape index (κ3) is 3.47. The second-order valence-electron chi connectivity index (χ2n) is 5.39. The Morgan fingerprint density at radius 3 is 2.58 bits per heavy atom. The van der Waals surface area contributed by atoms with Crippen LogP contribution < -0.4 is 10.2 Å². The summed E-state index contributed by atoms with van der Waals surface area (Å²) in [5.41, 5.74) is 1.78. The molecule has 1 saturated carbocycles. The number of nitrogens with zero attached hydrogens (tertiary/aromatic N) is 1. The summed E-state index contributed by atoms with van der Waals surface area (Å²) in [4.78, 5) is 2.25. The van der Waals surface area contributed by atoms with Crippen LogP contribution in [-0.4, -0.2) is 19.6 Å². The Kier molecular flexibility index (Phi) is 5.20. The van der Waals surface area contributed by atoms with E-state index in [2.05, 4.69) is 17.1 Å². The minimum atomic E-state index is -0.0832. The summed E-state index contributed by atoms with van der Waals surface area (Å²) >= 11 is 0. The summed E-state index contributed by atoms with van der Waals surface area (Å²) in [6.07, 6.45) is 6.29. The number of hydrogen-bond acceptors (Lipinski definition) is 2. The van der Waals surface area contributed by atoms with Crippen LogP contribution in [-0.2, 0) is 6.54 Å². The normalized spacial score (nSPS) is 16.6. The minimum Gasteiger partial charge on any atom is -0.366 e. The molecule has 0 radical (unpaired) electrons. The molecule has 0 aromatic heterocycles. The zero-order valence-corrected chi connectivity index (χ0v) is 12.1. The summed E-state index contributed by atoms with van der Waals surface area (Å²) in [6.45, 7) is 3.72. The molecule has 0 unspecified atom stereocenters. The van der Waals surface area contributed by atoms with Crippen molar-refractivity contribution in [2.24, 2.45) is 0 Å². The molecule has 1 aromatic rings. The summed E-state index contributed by atoms with van der Waals surface area (Å²) in [6, 6.07) is 6.15. The van der Waals surface area contributed by atoms with E-state index in [-0.39, 0.29) is 5.82 Å². The first kappa shape index (κ1) is 14.3. The SMILES string of the molecule is CCN(c1ccc(CNC)cc1F)C1CCCCC1. The van der Waals surface area contributed by atoms with Crippen molar-refractivity contribution in [2.75, 3.05) is 18.5 Å². The van der Waals surface area contributed by atoms with Gasteiger partial charge in [-0.05, 0) is 44.5 Å². The summed E-state index contributed by atoms with van der Waals surface area (Å²) in [5.74, 6) is -0.0832. The van der Waals surface area contributed by atoms with E-state index >= 15 is 0 Å². The highest BCUT2D eigenvalue weighted by Crippen LogP contribution is 2.29. The zero-order valence-electron chi connectivity index (χ0n) is 12.1. The Labute approximate surface area is 116 Å². The molecule has 0 heterocycles. The Morgan fingerprint density at radius 1 is 1.26 bits per heavy atom. The first-order chi connectivity index (χ1) is 9.26. The smallest absolute Gasteiger partial charge is 0.146 e. The van der Waals surface area contributed by atoms with Crippen molar-refractivity contribution >= 4 is 5.69 Å². The highest BCUT2D eigenvalue weighted by molar-refractivity contribution is 5.50. The van der Waals surface area contributed by atoms with Crippen molar-refractivity contribution < 1.29 is 4.39 Å². The molecule has 1 N–H and O–H groups in total. The molecule has 106 valence electrons. The van der Waals surface area contributed by atoms with Gasteiger partial charge in [-0.2, -0.15) is 0 Å². The topological polar surface area (TPSA) is 15.3 Å². The summed E-state index contributed by atoms with van der Waals surface area (Å²) in [7, 11) is 1.88. The molecule has 1 fully saturated rings. The Hall–Kier alpha value is -1.09. The number of halogens is 1. The van der Waals surface area contributed by atoms with Gasteiger partial charge in [0.15, 0.2) is 0 Å². The molecule has 1 aliphatic carbocycles. The van der Waals surface area contributed by atoms with Gasteiger partial charge in [0.25, 0.3) is 0 Å². The molecule has 3 heteroatoms. The molecule has 0 atom stereocenters. The highest BCUT2D eigenvalue weighted by atomic mass is 19.1. The molecule has 0 saturated heterocycles. The fraction of sp³-hybridized carbons (Fsp3) is 0.625. The van der Waals surface area contributed by atoms with Crippen molar-refractivity contribution in [1.29, 1.82) is 0 Å². The summed E-state index contributed by atoms with van der Waals surface area (Å²) < 4.78 is 14.3. The lowest BCUT2D eigenvalue weighted by Crippen LogP contribution is -2.37. The van der Waals surface area contributed by atoms with Crippen LogP contribution in [0.2, 0.25) is 0 Å². The molecular formula is C16H25FN2. The number of hydrogen-bond donors (Lipinski definition) is 1. The first-order valence-corrected chi connectivity index (χ1v) is 7.46. The number of rotatable bonds is 5.